The molecular formula is C20H19NO2S. The van der Waals surface area contributed by atoms with Crippen molar-refractivity contribution in [1.29, 1.82) is 0 Å². The quantitative estimate of drug-likeness (QED) is 0.643. The number of rotatable bonds is 7. The van der Waals surface area contributed by atoms with Crippen LogP contribution in [0.3, 0.4) is 0 Å². The van der Waals surface area contributed by atoms with E-state index in [2.05, 4.69) is 29.6 Å². The van der Waals surface area contributed by atoms with Gasteiger partial charge in [-0.25, -0.2) is 0 Å². The molecule has 0 aliphatic carbocycles. The van der Waals surface area contributed by atoms with Crippen molar-refractivity contribution in [3.8, 4) is 0 Å². The SMILES string of the molecule is O=C(NCCc1ccccc1)c1ccc(CSc2ccccc2)o1. The van der Waals surface area contributed by atoms with Gasteiger partial charge in [0.15, 0.2) is 5.76 Å². The zero-order valence-corrected chi connectivity index (χ0v) is 14.1. The first-order valence-electron chi connectivity index (χ1n) is 7.90. The van der Waals surface area contributed by atoms with E-state index < -0.39 is 0 Å². The van der Waals surface area contributed by atoms with Gasteiger partial charge in [0.1, 0.15) is 5.76 Å². The fourth-order valence-electron chi connectivity index (χ4n) is 2.30. The molecule has 0 bridgehead atoms. The molecule has 24 heavy (non-hydrogen) atoms. The van der Waals surface area contributed by atoms with Crippen LogP contribution in [-0.4, -0.2) is 12.5 Å². The second-order valence-electron chi connectivity index (χ2n) is 5.36. The van der Waals surface area contributed by atoms with E-state index in [1.54, 1.807) is 17.8 Å². The molecular weight excluding hydrogens is 318 g/mol. The maximum Gasteiger partial charge on any atom is 0.287 e. The fourth-order valence-corrected chi connectivity index (χ4v) is 3.11. The van der Waals surface area contributed by atoms with Gasteiger partial charge in [-0.15, -0.1) is 11.8 Å². The molecule has 0 spiro atoms. The number of furan rings is 1. The molecule has 0 saturated heterocycles. The average Bonchev–Trinajstić information content (AvgIpc) is 3.11. The van der Waals surface area contributed by atoms with Crippen LogP contribution in [0, 0.1) is 0 Å². The lowest BCUT2D eigenvalue weighted by atomic mass is 10.1. The normalized spacial score (nSPS) is 10.5. The first kappa shape index (κ1) is 16.4. The second-order valence-corrected chi connectivity index (χ2v) is 6.41. The Labute approximate surface area is 146 Å². The van der Waals surface area contributed by atoms with Gasteiger partial charge in [0.05, 0.1) is 5.75 Å². The molecule has 1 N–H and O–H groups in total. The number of carbonyl (C=O) groups excluding carboxylic acids is 1. The second kappa shape index (κ2) is 8.41. The highest BCUT2D eigenvalue weighted by molar-refractivity contribution is 7.98. The summed E-state index contributed by atoms with van der Waals surface area (Å²) < 4.78 is 5.64. The maximum absolute atomic E-state index is 12.1. The van der Waals surface area contributed by atoms with Gasteiger partial charge in [0.25, 0.3) is 5.91 Å². The summed E-state index contributed by atoms with van der Waals surface area (Å²) in [6, 6.07) is 23.8. The van der Waals surface area contributed by atoms with Crippen molar-refractivity contribution in [2.24, 2.45) is 0 Å². The minimum Gasteiger partial charge on any atom is -0.455 e. The molecule has 122 valence electrons. The van der Waals surface area contributed by atoms with Crippen LogP contribution in [0.5, 0.6) is 0 Å². The third kappa shape index (κ3) is 4.77. The summed E-state index contributed by atoms with van der Waals surface area (Å²) >= 11 is 1.69. The number of thioether (sulfide) groups is 1. The molecule has 1 aromatic heterocycles. The van der Waals surface area contributed by atoms with Crippen molar-refractivity contribution in [1.82, 2.24) is 5.32 Å². The number of hydrogen-bond acceptors (Lipinski definition) is 3. The van der Waals surface area contributed by atoms with Gasteiger partial charge in [0, 0.05) is 11.4 Å². The predicted molar refractivity (Wildman–Crippen MR) is 97.2 cm³/mol. The van der Waals surface area contributed by atoms with Gasteiger partial charge in [-0.05, 0) is 36.2 Å². The van der Waals surface area contributed by atoms with Crippen molar-refractivity contribution in [3.63, 3.8) is 0 Å². The van der Waals surface area contributed by atoms with Crippen molar-refractivity contribution in [2.75, 3.05) is 6.54 Å². The number of amides is 1. The smallest absolute Gasteiger partial charge is 0.287 e. The van der Waals surface area contributed by atoms with E-state index in [0.717, 1.165) is 12.2 Å². The summed E-state index contributed by atoms with van der Waals surface area (Å²) in [5.41, 5.74) is 1.21. The molecule has 3 nitrogen and oxygen atoms in total. The Balaban J connectivity index is 1.46. The number of nitrogens with one attached hydrogen (secondary N) is 1. The van der Waals surface area contributed by atoms with E-state index >= 15 is 0 Å². The van der Waals surface area contributed by atoms with Crippen LogP contribution in [0.15, 0.2) is 82.1 Å². The standard InChI is InChI=1S/C20H19NO2S/c22-20(21-14-13-16-7-3-1-4-8-16)19-12-11-17(23-19)15-24-18-9-5-2-6-10-18/h1-12H,13-15H2,(H,21,22). The van der Waals surface area contributed by atoms with Gasteiger partial charge < -0.3 is 9.73 Å². The van der Waals surface area contributed by atoms with Crippen molar-refractivity contribution >= 4 is 17.7 Å². The lowest BCUT2D eigenvalue weighted by Crippen LogP contribution is -2.25. The van der Waals surface area contributed by atoms with E-state index in [1.165, 1.54) is 10.5 Å². The highest BCUT2D eigenvalue weighted by atomic mass is 32.2. The minimum absolute atomic E-state index is 0.165. The Hall–Kier alpha value is -2.46. The summed E-state index contributed by atoms with van der Waals surface area (Å²) in [6.45, 7) is 0.595. The monoisotopic (exact) mass is 337 g/mol. The first-order valence-corrected chi connectivity index (χ1v) is 8.88. The summed E-state index contributed by atoms with van der Waals surface area (Å²) in [7, 11) is 0. The molecule has 0 saturated carbocycles. The molecule has 4 heteroatoms. The lowest BCUT2D eigenvalue weighted by Gasteiger charge is -2.03. The third-order valence-corrected chi connectivity index (χ3v) is 4.59. The van der Waals surface area contributed by atoms with E-state index in [-0.39, 0.29) is 5.91 Å². The van der Waals surface area contributed by atoms with Crippen LogP contribution >= 0.6 is 11.8 Å². The Morgan fingerprint density at radius 3 is 2.38 bits per heavy atom. The van der Waals surface area contributed by atoms with Crippen LogP contribution in [0.1, 0.15) is 21.9 Å². The summed E-state index contributed by atoms with van der Waals surface area (Å²) in [5.74, 6) is 1.71. The zero-order chi connectivity index (χ0) is 16.6. The van der Waals surface area contributed by atoms with E-state index in [4.69, 9.17) is 4.42 Å². The minimum atomic E-state index is -0.165. The van der Waals surface area contributed by atoms with E-state index in [9.17, 15) is 4.79 Å². The maximum atomic E-state index is 12.1. The molecule has 2 aromatic carbocycles. The molecule has 0 radical (unpaired) electrons. The van der Waals surface area contributed by atoms with Crippen molar-refractivity contribution < 1.29 is 9.21 Å². The molecule has 0 fully saturated rings. The van der Waals surface area contributed by atoms with Crippen LogP contribution < -0.4 is 5.32 Å². The third-order valence-electron chi connectivity index (χ3n) is 3.55. The van der Waals surface area contributed by atoms with Crippen molar-refractivity contribution in [2.45, 2.75) is 17.1 Å². The number of hydrogen-bond donors (Lipinski definition) is 1. The molecule has 0 atom stereocenters. The highest BCUT2D eigenvalue weighted by Crippen LogP contribution is 2.23. The summed E-state index contributed by atoms with van der Waals surface area (Å²) in [6.07, 6.45) is 0.810. The molecule has 3 aromatic rings. The lowest BCUT2D eigenvalue weighted by molar-refractivity contribution is 0.0925. The predicted octanol–water partition coefficient (Wildman–Crippen LogP) is 4.54. The zero-order valence-electron chi connectivity index (χ0n) is 13.3. The van der Waals surface area contributed by atoms with E-state index in [0.29, 0.717) is 18.1 Å². The molecule has 0 aliphatic rings. The number of carbonyl (C=O) groups is 1. The van der Waals surface area contributed by atoms with Crippen LogP contribution in [-0.2, 0) is 12.2 Å². The van der Waals surface area contributed by atoms with Gasteiger partial charge in [0.2, 0.25) is 0 Å². The Bertz CT molecular complexity index is 769. The highest BCUT2D eigenvalue weighted by Gasteiger charge is 2.10. The van der Waals surface area contributed by atoms with Crippen LogP contribution in [0.4, 0.5) is 0 Å². The summed E-state index contributed by atoms with van der Waals surface area (Å²) in [4.78, 5) is 13.3. The molecule has 1 amide bonds. The fraction of sp³-hybridized carbons (Fsp3) is 0.150. The molecule has 0 unspecified atom stereocenters. The van der Waals surface area contributed by atoms with Gasteiger partial charge >= 0.3 is 0 Å². The molecule has 0 aliphatic heterocycles. The molecule has 1 heterocycles. The Morgan fingerprint density at radius 2 is 1.62 bits per heavy atom. The van der Waals surface area contributed by atoms with Gasteiger partial charge in [-0.2, -0.15) is 0 Å². The van der Waals surface area contributed by atoms with Crippen molar-refractivity contribution in [3.05, 3.63) is 89.9 Å². The van der Waals surface area contributed by atoms with E-state index in [1.807, 2.05) is 42.5 Å². The Kier molecular flexibility index (Phi) is 5.75. The van der Waals surface area contributed by atoms with Crippen LogP contribution in [0.2, 0.25) is 0 Å². The summed E-state index contributed by atoms with van der Waals surface area (Å²) in [5, 5.41) is 2.90. The van der Waals surface area contributed by atoms with Crippen LogP contribution in [0.25, 0.3) is 0 Å². The topological polar surface area (TPSA) is 42.2 Å². The number of benzene rings is 2. The largest absolute Gasteiger partial charge is 0.455 e. The average molecular weight is 337 g/mol. The molecule has 3 rings (SSSR count). The first-order chi connectivity index (χ1) is 11.8. The Morgan fingerprint density at radius 1 is 0.917 bits per heavy atom. The van der Waals surface area contributed by atoms with Gasteiger partial charge in [-0.3, -0.25) is 4.79 Å². The van der Waals surface area contributed by atoms with Gasteiger partial charge in [-0.1, -0.05) is 48.5 Å².